The maximum absolute atomic E-state index is 5.90. The smallest absolute Gasteiger partial charge is 0.0646 e. The minimum absolute atomic E-state index is 0.0851. The van der Waals surface area contributed by atoms with Crippen LogP contribution >= 0.6 is 0 Å². The lowest BCUT2D eigenvalue weighted by Crippen LogP contribution is -2.50. The van der Waals surface area contributed by atoms with Crippen LogP contribution in [0.3, 0.4) is 0 Å². The first-order valence-corrected chi connectivity index (χ1v) is 3.49. The molecule has 2 N–H and O–H groups in total. The monoisotopic (exact) mass is 129 g/mol. The lowest BCUT2D eigenvalue weighted by atomic mass is 9.85. The molecule has 0 bridgehead atoms. The van der Waals surface area contributed by atoms with Crippen LogP contribution in [0.5, 0.6) is 0 Å². The summed E-state index contributed by atoms with van der Waals surface area (Å²) in [6.45, 7) is 5.83. The second-order valence-electron chi connectivity index (χ2n) is 3.25. The average molecular weight is 129 g/mol. The van der Waals surface area contributed by atoms with E-state index < -0.39 is 0 Å². The fourth-order valence-electron chi connectivity index (χ4n) is 1.02. The number of rotatable bonds is 0. The van der Waals surface area contributed by atoms with Gasteiger partial charge in [-0.25, -0.2) is 0 Å². The molecule has 0 saturated carbocycles. The summed E-state index contributed by atoms with van der Waals surface area (Å²) in [4.78, 5) is 0. The van der Waals surface area contributed by atoms with Crippen LogP contribution in [-0.2, 0) is 4.74 Å². The van der Waals surface area contributed by atoms with Gasteiger partial charge in [-0.05, 0) is 19.3 Å². The Morgan fingerprint density at radius 3 is 2.67 bits per heavy atom. The SMILES string of the molecule is CC1CCOCC1(C)N. The van der Waals surface area contributed by atoms with Crippen LogP contribution in [0.2, 0.25) is 0 Å². The van der Waals surface area contributed by atoms with Crippen molar-refractivity contribution in [3.8, 4) is 0 Å². The van der Waals surface area contributed by atoms with Crippen molar-refractivity contribution >= 4 is 0 Å². The summed E-state index contributed by atoms with van der Waals surface area (Å²) in [5.74, 6) is 0.603. The van der Waals surface area contributed by atoms with Gasteiger partial charge >= 0.3 is 0 Å². The van der Waals surface area contributed by atoms with Crippen molar-refractivity contribution < 1.29 is 4.74 Å². The molecule has 0 aromatic carbocycles. The minimum Gasteiger partial charge on any atom is -0.380 e. The van der Waals surface area contributed by atoms with Gasteiger partial charge in [-0.2, -0.15) is 0 Å². The number of nitrogens with two attached hydrogens (primary N) is 1. The van der Waals surface area contributed by atoms with Crippen LogP contribution in [-0.4, -0.2) is 18.8 Å². The van der Waals surface area contributed by atoms with E-state index in [9.17, 15) is 0 Å². The van der Waals surface area contributed by atoms with E-state index in [-0.39, 0.29) is 5.54 Å². The molecule has 1 rings (SSSR count). The Hall–Kier alpha value is -0.0800. The molecule has 0 aromatic heterocycles. The number of hydrogen-bond acceptors (Lipinski definition) is 2. The van der Waals surface area contributed by atoms with Gasteiger partial charge in [0.25, 0.3) is 0 Å². The van der Waals surface area contributed by atoms with E-state index in [1.54, 1.807) is 0 Å². The molecule has 1 fully saturated rings. The largest absolute Gasteiger partial charge is 0.380 e. The summed E-state index contributed by atoms with van der Waals surface area (Å²) in [6, 6.07) is 0. The number of ether oxygens (including phenoxy) is 1. The molecule has 2 atom stereocenters. The first-order chi connectivity index (χ1) is 4.13. The molecule has 1 saturated heterocycles. The molecular weight excluding hydrogens is 114 g/mol. The molecule has 2 nitrogen and oxygen atoms in total. The van der Waals surface area contributed by atoms with Gasteiger partial charge in [0.2, 0.25) is 0 Å². The summed E-state index contributed by atoms with van der Waals surface area (Å²) in [5.41, 5.74) is 5.81. The molecule has 2 heteroatoms. The van der Waals surface area contributed by atoms with Crippen LogP contribution in [0, 0.1) is 5.92 Å². The molecule has 0 spiro atoms. The zero-order valence-electron chi connectivity index (χ0n) is 6.18. The molecule has 54 valence electrons. The van der Waals surface area contributed by atoms with Crippen molar-refractivity contribution in [2.45, 2.75) is 25.8 Å². The highest BCUT2D eigenvalue weighted by molar-refractivity contribution is 4.86. The summed E-state index contributed by atoms with van der Waals surface area (Å²) in [7, 11) is 0. The quantitative estimate of drug-likeness (QED) is 0.524. The Bertz CT molecular complexity index is 101. The maximum Gasteiger partial charge on any atom is 0.0646 e. The van der Waals surface area contributed by atoms with Gasteiger partial charge in [-0.1, -0.05) is 6.92 Å². The highest BCUT2D eigenvalue weighted by Crippen LogP contribution is 2.22. The van der Waals surface area contributed by atoms with Crippen molar-refractivity contribution in [1.82, 2.24) is 0 Å². The maximum atomic E-state index is 5.90. The number of hydrogen-bond donors (Lipinski definition) is 1. The van der Waals surface area contributed by atoms with E-state index in [1.807, 2.05) is 0 Å². The molecular formula is C7H15NO. The van der Waals surface area contributed by atoms with Crippen LogP contribution in [0.4, 0.5) is 0 Å². The van der Waals surface area contributed by atoms with Crippen LogP contribution in [0.15, 0.2) is 0 Å². The Kier molecular flexibility index (Phi) is 1.78. The fraction of sp³-hybridized carbons (Fsp3) is 1.00. The molecule has 2 unspecified atom stereocenters. The lowest BCUT2D eigenvalue weighted by Gasteiger charge is -2.35. The zero-order chi connectivity index (χ0) is 6.91. The average Bonchev–Trinajstić information content (AvgIpc) is 1.77. The fourth-order valence-corrected chi connectivity index (χ4v) is 1.02. The van der Waals surface area contributed by atoms with E-state index in [2.05, 4.69) is 13.8 Å². The highest BCUT2D eigenvalue weighted by Gasteiger charge is 2.29. The van der Waals surface area contributed by atoms with Gasteiger partial charge < -0.3 is 10.5 Å². The van der Waals surface area contributed by atoms with Crippen LogP contribution in [0.1, 0.15) is 20.3 Å². The van der Waals surface area contributed by atoms with Crippen LogP contribution in [0.25, 0.3) is 0 Å². The molecule has 1 aliphatic rings. The molecule has 1 heterocycles. The van der Waals surface area contributed by atoms with Gasteiger partial charge in [0.1, 0.15) is 0 Å². The molecule has 0 radical (unpaired) electrons. The van der Waals surface area contributed by atoms with Gasteiger partial charge in [0.15, 0.2) is 0 Å². The third-order valence-electron chi connectivity index (χ3n) is 2.23. The van der Waals surface area contributed by atoms with E-state index in [1.165, 1.54) is 0 Å². The predicted molar refractivity (Wildman–Crippen MR) is 37.2 cm³/mol. The summed E-state index contributed by atoms with van der Waals surface area (Å²) in [6.07, 6.45) is 1.10. The standard InChI is InChI=1S/C7H15NO/c1-6-3-4-9-5-7(6,2)8/h6H,3-5,8H2,1-2H3. The Morgan fingerprint density at radius 1 is 1.67 bits per heavy atom. The molecule has 0 aliphatic carbocycles. The van der Waals surface area contributed by atoms with Crippen molar-refractivity contribution in [3.63, 3.8) is 0 Å². The van der Waals surface area contributed by atoms with E-state index in [4.69, 9.17) is 10.5 Å². The van der Waals surface area contributed by atoms with Gasteiger partial charge in [0, 0.05) is 12.1 Å². The van der Waals surface area contributed by atoms with E-state index in [0.717, 1.165) is 13.0 Å². The van der Waals surface area contributed by atoms with Crippen molar-refractivity contribution in [2.24, 2.45) is 11.7 Å². The Labute approximate surface area is 56.4 Å². The lowest BCUT2D eigenvalue weighted by molar-refractivity contribution is 0.0128. The second kappa shape index (κ2) is 2.27. The zero-order valence-corrected chi connectivity index (χ0v) is 6.18. The molecule has 1 aliphatic heterocycles. The molecule has 9 heavy (non-hydrogen) atoms. The first kappa shape index (κ1) is 7.03. The summed E-state index contributed by atoms with van der Waals surface area (Å²) in [5, 5.41) is 0. The predicted octanol–water partition coefficient (Wildman–Crippen LogP) is 0.760. The van der Waals surface area contributed by atoms with Gasteiger partial charge in [0.05, 0.1) is 6.61 Å². The second-order valence-corrected chi connectivity index (χ2v) is 3.25. The Balaban J connectivity index is 2.49. The normalized spacial score (nSPS) is 45.0. The third-order valence-corrected chi connectivity index (χ3v) is 2.23. The van der Waals surface area contributed by atoms with Crippen molar-refractivity contribution in [1.29, 1.82) is 0 Å². The molecule has 0 aromatic rings. The first-order valence-electron chi connectivity index (χ1n) is 3.49. The van der Waals surface area contributed by atoms with Gasteiger partial charge in [-0.3, -0.25) is 0 Å². The van der Waals surface area contributed by atoms with E-state index in [0.29, 0.717) is 12.5 Å². The van der Waals surface area contributed by atoms with Crippen molar-refractivity contribution in [2.75, 3.05) is 13.2 Å². The summed E-state index contributed by atoms with van der Waals surface area (Å²) < 4.78 is 5.23. The highest BCUT2D eigenvalue weighted by atomic mass is 16.5. The minimum atomic E-state index is -0.0851. The van der Waals surface area contributed by atoms with Gasteiger partial charge in [-0.15, -0.1) is 0 Å². The van der Waals surface area contributed by atoms with E-state index >= 15 is 0 Å². The molecule has 0 amide bonds. The third kappa shape index (κ3) is 1.43. The van der Waals surface area contributed by atoms with Crippen molar-refractivity contribution in [3.05, 3.63) is 0 Å². The van der Waals surface area contributed by atoms with Crippen LogP contribution < -0.4 is 5.73 Å². The summed E-state index contributed by atoms with van der Waals surface area (Å²) >= 11 is 0. The topological polar surface area (TPSA) is 35.2 Å². The Morgan fingerprint density at radius 2 is 2.33 bits per heavy atom.